The lowest BCUT2D eigenvalue weighted by Gasteiger charge is -2.27. The van der Waals surface area contributed by atoms with Gasteiger partial charge < -0.3 is 23.1 Å². The van der Waals surface area contributed by atoms with E-state index >= 15 is 0 Å². The van der Waals surface area contributed by atoms with Crippen LogP contribution in [0.2, 0.25) is 12.6 Å². The highest BCUT2D eigenvalue weighted by atomic mass is 28.4. The fourth-order valence-electron chi connectivity index (χ4n) is 1.30. The van der Waals surface area contributed by atoms with Crippen LogP contribution in [0.3, 0.4) is 0 Å². The zero-order valence-electron chi connectivity index (χ0n) is 12.6. The second kappa shape index (κ2) is 10.6. The summed E-state index contributed by atoms with van der Waals surface area (Å²) in [5.74, 6) is -0.467. The molecule has 0 rings (SSSR count). The normalized spacial score (nSPS) is 13.2. The quantitative estimate of drug-likeness (QED) is 0.145. The molecule has 0 heterocycles. The van der Waals surface area contributed by atoms with Crippen molar-refractivity contribution in [2.24, 2.45) is 0 Å². The Bertz CT molecular complexity index is 314. The van der Waals surface area contributed by atoms with Crippen LogP contribution < -0.4 is 0 Å². The number of esters is 1. The van der Waals surface area contributed by atoms with Crippen molar-refractivity contribution in [1.29, 1.82) is 0 Å². The molecule has 0 aliphatic carbocycles. The number of ether oxygens (including phenoxy) is 3. The molecular weight excluding hydrogens is 280 g/mol. The maximum absolute atomic E-state index is 11.5. The van der Waals surface area contributed by atoms with Crippen molar-refractivity contribution >= 4 is 14.5 Å². The van der Waals surface area contributed by atoms with Gasteiger partial charge in [0.2, 0.25) is 6.29 Å². The summed E-state index contributed by atoms with van der Waals surface area (Å²) < 4.78 is 26.4. The molecule has 0 bridgehead atoms. The van der Waals surface area contributed by atoms with Crippen molar-refractivity contribution in [3.05, 3.63) is 25.0 Å². The lowest BCUT2D eigenvalue weighted by atomic mass is 10.5. The Morgan fingerprint density at radius 1 is 1.30 bits per heavy atom. The monoisotopic (exact) mass is 304 g/mol. The average Bonchev–Trinajstić information content (AvgIpc) is 2.43. The summed E-state index contributed by atoms with van der Waals surface area (Å²) in [6.07, 6.45) is 3.52. The van der Waals surface area contributed by atoms with E-state index in [9.17, 15) is 4.79 Å². The second-order valence-corrected chi connectivity index (χ2v) is 7.51. The zero-order valence-corrected chi connectivity index (χ0v) is 13.6. The van der Waals surface area contributed by atoms with Gasteiger partial charge in [-0.25, -0.2) is 4.79 Å². The number of carbonyl (C=O) groups excluding carboxylic acids is 1. The first-order valence-electron chi connectivity index (χ1n) is 6.29. The highest BCUT2D eigenvalue weighted by Gasteiger charge is 2.34. The molecule has 0 aromatic heterocycles. The van der Waals surface area contributed by atoms with Gasteiger partial charge in [0.05, 0.1) is 18.9 Å². The lowest BCUT2D eigenvalue weighted by Crippen LogP contribution is -2.41. The van der Waals surface area contributed by atoms with E-state index in [-0.39, 0.29) is 6.61 Å². The van der Waals surface area contributed by atoms with Crippen LogP contribution in [0.25, 0.3) is 0 Å². The van der Waals surface area contributed by atoms with Gasteiger partial charge in [-0.05, 0) is 13.5 Å². The van der Waals surface area contributed by atoms with Crippen LogP contribution in [-0.2, 0) is 27.9 Å². The van der Waals surface area contributed by atoms with Gasteiger partial charge in [0.15, 0.2) is 0 Å². The van der Waals surface area contributed by atoms with Crippen molar-refractivity contribution in [3.63, 3.8) is 0 Å². The highest BCUT2D eigenvalue weighted by molar-refractivity contribution is 6.66. The van der Waals surface area contributed by atoms with Crippen LogP contribution in [0.1, 0.15) is 6.92 Å². The smallest absolute Gasteiger partial charge is 0.340 e. The molecule has 0 aromatic rings. The SMILES string of the molecule is C=COCCOC(C[Si](C)(OC)OC)OC(=O)C=CC. The first-order valence-corrected chi connectivity index (χ1v) is 8.81. The minimum Gasteiger partial charge on any atom is -0.499 e. The number of carbonyl (C=O) groups is 1. The van der Waals surface area contributed by atoms with E-state index in [4.69, 9.17) is 23.1 Å². The second-order valence-electron chi connectivity index (χ2n) is 4.02. The molecule has 1 unspecified atom stereocenters. The van der Waals surface area contributed by atoms with Crippen molar-refractivity contribution < 1.29 is 27.9 Å². The summed E-state index contributed by atoms with van der Waals surface area (Å²) in [5.41, 5.74) is 0. The van der Waals surface area contributed by atoms with Crippen molar-refractivity contribution in [1.82, 2.24) is 0 Å². The number of hydrogen-bond acceptors (Lipinski definition) is 6. The molecule has 20 heavy (non-hydrogen) atoms. The van der Waals surface area contributed by atoms with Gasteiger partial charge in [-0.15, -0.1) is 0 Å². The summed E-state index contributed by atoms with van der Waals surface area (Å²) in [6, 6.07) is 0.372. The van der Waals surface area contributed by atoms with E-state index in [0.717, 1.165) is 0 Å². The van der Waals surface area contributed by atoms with Gasteiger partial charge in [0.25, 0.3) is 0 Å². The third kappa shape index (κ3) is 8.11. The molecule has 6 nitrogen and oxygen atoms in total. The van der Waals surface area contributed by atoms with Gasteiger partial charge in [0, 0.05) is 20.3 Å². The third-order valence-electron chi connectivity index (χ3n) is 2.57. The maximum Gasteiger partial charge on any atom is 0.340 e. The van der Waals surface area contributed by atoms with Gasteiger partial charge in [0.1, 0.15) is 6.61 Å². The molecule has 0 saturated carbocycles. The molecule has 0 aliphatic rings. The molecule has 1 atom stereocenters. The minimum absolute atomic E-state index is 0.276. The van der Waals surface area contributed by atoms with Gasteiger partial charge in [-0.3, -0.25) is 0 Å². The molecule has 7 heteroatoms. The fourth-order valence-corrected chi connectivity index (χ4v) is 2.61. The average molecular weight is 304 g/mol. The van der Waals surface area contributed by atoms with Gasteiger partial charge in [-0.2, -0.15) is 0 Å². The Balaban J connectivity index is 4.52. The van der Waals surface area contributed by atoms with E-state index in [2.05, 4.69) is 6.58 Å². The lowest BCUT2D eigenvalue weighted by molar-refractivity contribution is -0.171. The number of rotatable bonds is 11. The van der Waals surface area contributed by atoms with E-state index in [1.807, 2.05) is 6.55 Å². The molecule has 0 fully saturated rings. The molecule has 0 aliphatic heterocycles. The highest BCUT2D eigenvalue weighted by Crippen LogP contribution is 2.17. The summed E-state index contributed by atoms with van der Waals surface area (Å²) in [4.78, 5) is 11.5. The predicted molar refractivity (Wildman–Crippen MR) is 77.2 cm³/mol. The van der Waals surface area contributed by atoms with Gasteiger partial charge in [-0.1, -0.05) is 12.7 Å². The first-order chi connectivity index (χ1) is 9.51. The largest absolute Gasteiger partial charge is 0.499 e. The molecule has 0 aromatic carbocycles. The van der Waals surface area contributed by atoms with Crippen molar-refractivity contribution in [2.45, 2.75) is 25.8 Å². The molecule has 0 saturated heterocycles. The van der Waals surface area contributed by atoms with E-state index in [0.29, 0.717) is 12.7 Å². The number of hydrogen-bond donors (Lipinski definition) is 0. The Kier molecular flexibility index (Phi) is 10.0. The van der Waals surface area contributed by atoms with Crippen molar-refractivity contribution in [2.75, 3.05) is 27.4 Å². The van der Waals surface area contributed by atoms with Crippen LogP contribution in [0, 0.1) is 0 Å². The van der Waals surface area contributed by atoms with E-state index in [1.165, 1.54) is 12.3 Å². The summed E-state index contributed by atoms with van der Waals surface area (Å²) in [6.45, 7) is 7.64. The molecular formula is C13H24O6Si. The molecule has 0 spiro atoms. The van der Waals surface area contributed by atoms with Crippen LogP contribution in [-0.4, -0.2) is 48.3 Å². The molecule has 116 valence electrons. The van der Waals surface area contributed by atoms with Crippen LogP contribution in [0.15, 0.2) is 25.0 Å². The van der Waals surface area contributed by atoms with Crippen LogP contribution >= 0.6 is 0 Å². The van der Waals surface area contributed by atoms with Gasteiger partial charge >= 0.3 is 14.5 Å². The standard InChI is InChI=1S/C13H24O6Si/c1-6-8-12(14)19-13(18-10-9-17-7-2)11-20(5,15-3)16-4/h6-8,13H,2,9-11H2,1,3-5H3. The molecule has 0 N–H and O–H groups in total. The maximum atomic E-state index is 11.5. The summed E-state index contributed by atoms with van der Waals surface area (Å²) >= 11 is 0. The molecule has 0 amide bonds. The van der Waals surface area contributed by atoms with Crippen molar-refractivity contribution in [3.8, 4) is 0 Å². The Hall–Kier alpha value is -1.15. The Morgan fingerprint density at radius 2 is 1.95 bits per heavy atom. The first kappa shape index (κ1) is 18.8. The number of allylic oxidation sites excluding steroid dienone is 1. The van der Waals surface area contributed by atoms with Crippen LogP contribution in [0.4, 0.5) is 0 Å². The van der Waals surface area contributed by atoms with E-state index in [1.54, 1.807) is 27.2 Å². The topological polar surface area (TPSA) is 63.2 Å². The Labute approximate surface area is 121 Å². The zero-order chi connectivity index (χ0) is 15.4. The summed E-state index contributed by atoms with van der Waals surface area (Å²) in [5, 5.41) is 0. The molecule has 0 radical (unpaired) electrons. The predicted octanol–water partition coefficient (Wildman–Crippen LogP) is 1.97. The fraction of sp³-hybridized carbons (Fsp3) is 0.615. The van der Waals surface area contributed by atoms with E-state index < -0.39 is 20.8 Å². The minimum atomic E-state index is -2.41. The van der Waals surface area contributed by atoms with Crippen LogP contribution in [0.5, 0.6) is 0 Å². The third-order valence-corrected chi connectivity index (χ3v) is 5.38. The summed E-state index contributed by atoms with van der Waals surface area (Å²) in [7, 11) is 0.736. The Morgan fingerprint density at radius 3 is 2.45 bits per heavy atom.